The predicted molar refractivity (Wildman–Crippen MR) is 63.6 cm³/mol. The summed E-state index contributed by atoms with van der Waals surface area (Å²) in [4.78, 5) is 4.26. The molecule has 0 aliphatic rings. The first kappa shape index (κ1) is 12.6. The van der Waals surface area contributed by atoms with Gasteiger partial charge in [-0.15, -0.1) is 5.10 Å². The first-order valence-corrected chi connectivity index (χ1v) is 5.53. The molecule has 0 aromatic carbocycles. The van der Waals surface area contributed by atoms with Crippen LogP contribution < -0.4 is 10.6 Å². The van der Waals surface area contributed by atoms with E-state index >= 15 is 0 Å². The number of hydrogen-bond donors (Lipinski definition) is 2. The zero-order valence-corrected chi connectivity index (χ0v) is 9.86. The van der Waals surface area contributed by atoms with Crippen LogP contribution >= 0.6 is 0 Å². The van der Waals surface area contributed by atoms with Crippen molar-refractivity contribution in [2.24, 2.45) is 0 Å². The third-order valence-electron chi connectivity index (χ3n) is 1.98. The van der Waals surface area contributed by atoms with E-state index in [1.54, 1.807) is 13.3 Å². The highest BCUT2D eigenvalue weighted by molar-refractivity contribution is 5.36. The molecule has 0 amide bonds. The number of ether oxygens (including phenoxy) is 1. The van der Waals surface area contributed by atoms with Gasteiger partial charge in [-0.2, -0.15) is 10.1 Å². The number of hydrogen-bond acceptors (Lipinski definition) is 6. The van der Waals surface area contributed by atoms with Crippen LogP contribution in [0.25, 0.3) is 0 Å². The molecule has 6 nitrogen and oxygen atoms in total. The minimum absolute atomic E-state index is 0.566. The lowest BCUT2D eigenvalue weighted by molar-refractivity contribution is 0.210. The fourth-order valence-corrected chi connectivity index (χ4v) is 1.12. The summed E-state index contributed by atoms with van der Waals surface area (Å²) in [5.41, 5.74) is 0. The van der Waals surface area contributed by atoms with Gasteiger partial charge in [0.25, 0.3) is 0 Å². The van der Waals surface area contributed by atoms with E-state index in [0.29, 0.717) is 24.9 Å². The van der Waals surface area contributed by atoms with E-state index in [9.17, 15) is 0 Å². The fourth-order valence-electron chi connectivity index (χ4n) is 1.12. The third kappa shape index (κ3) is 4.88. The van der Waals surface area contributed by atoms with Gasteiger partial charge in [-0.25, -0.2) is 0 Å². The largest absolute Gasteiger partial charge is 0.383 e. The number of rotatable bonds is 8. The van der Waals surface area contributed by atoms with Crippen molar-refractivity contribution in [1.82, 2.24) is 15.2 Å². The maximum absolute atomic E-state index is 4.93. The molecule has 90 valence electrons. The Hall–Kier alpha value is -1.43. The first-order valence-electron chi connectivity index (χ1n) is 5.53. The molecule has 0 unspecified atom stereocenters. The van der Waals surface area contributed by atoms with Gasteiger partial charge < -0.3 is 15.4 Å². The molecule has 0 atom stereocenters. The molecule has 1 aromatic heterocycles. The summed E-state index contributed by atoms with van der Waals surface area (Å²) in [5, 5.41) is 14.0. The lowest BCUT2D eigenvalue weighted by Gasteiger charge is -2.06. The smallest absolute Gasteiger partial charge is 0.244 e. The Morgan fingerprint density at radius 1 is 1.31 bits per heavy atom. The van der Waals surface area contributed by atoms with Crippen LogP contribution in [0.2, 0.25) is 0 Å². The molecule has 0 radical (unpaired) electrons. The predicted octanol–water partition coefficient (Wildman–Crippen LogP) is 1.14. The number of unbranched alkanes of at least 4 members (excludes halogenated alkanes) is 1. The van der Waals surface area contributed by atoms with Crippen molar-refractivity contribution in [3.63, 3.8) is 0 Å². The highest BCUT2D eigenvalue weighted by Gasteiger charge is 1.98. The van der Waals surface area contributed by atoms with Crippen molar-refractivity contribution in [3.05, 3.63) is 6.20 Å². The number of methoxy groups -OCH3 is 1. The molecule has 16 heavy (non-hydrogen) atoms. The first-order chi connectivity index (χ1) is 7.86. The van der Waals surface area contributed by atoms with Crippen molar-refractivity contribution in [3.8, 4) is 0 Å². The van der Waals surface area contributed by atoms with E-state index < -0.39 is 0 Å². The van der Waals surface area contributed by atoms with Gasteiger partial charge in [0, 0.05) is 20.2 Å². The summed E-state index contributed by atoms with van der Waals surface area (Å²) in [6, 6.07) is 0. The Bertz CT molecular complexity index is 269. The molecule has 0 aliphatic carbocycles. The maximum Gasteiger partial charge on any atom is 0.244 e. The molecule has 0 saturated heterocycles. The maximum atomic E-state index is 4.93. The van der Waals surface area contributed by atoms with Gasteiger partial charge in [-0.3, -0.25) is 0 Å². The highest BCUT2D eigenvalue weighted by Crippen LogP contribution is 2.03. The van der Waals surface area contributed by atoms with Gasteiger partial charge in [0.2, 0.25) is 5.95 Å². The van der Waals surface area contributed by atoms with Crippen LogP contribution in [0.3, 0.4) is 0 Å². The molecule has 6 heteroatoms. The molecule has 1 heterocycles. The Morgan fingerprint density at radius 3 is 2.94 bits per heavy atom. The van der Waals surface area contributed by atoms with Crippen LogP contribution in [-0.4, -0.2) is 42.0 Å². The summed E-state index contributed by atoms with van der Waals surface area (Å²) >= 11 is 0. The summed E-state index contributed by atoms with van der Waals surface area (Å²) in [7, 11) is 1.66. The molecular weight excluding hydrogens is 206 g/mol. The lowest BCUT2D eigenvalue weighted by Crippen LogP contribution is -2.12. The third-order valence-corrected chi connectivity index (χ3v) is 1.98. The van der Waals surface area contributed by atoms with Gasteiger partial charge in [-0.05, 0) is 6.42 Å². The number of nitrogens with one attached hydrogen (secondary N) is 2. The fraction of sp³-hybridized carbons (Fsp3) is 0.700. The zero-order valence-electron chi connectivity index (χ0n) is 9.86. The van der Waals surface area contributed by atoms with Crippen molar-refractivity contribution in [1.29, 1.82) is 0 Å². The van der Waals surface area contributed by atoms with Crippen LogP contribution in [0.5, 0.6) is 0 Å². The van der Waals surface area contributed by atoms with Crippen LogP contribution in [0.15, 0.2) is 6.20 Å². The monoisotopic (exact) mass is 225 g/mol. The quantitative estimate of drug-likeness (QED) is 0.646. The minimum Gasteiger partial charge on any atom is -0.383 e. The Kier molecular flexibility index (Phi) is 6.17. The molecule has 0 fully saturated rings. The SMILES string of the molecule is CCCCNc1nncc(NCCOC)n1. The van der Waals surface area contributed by atoms with Gasteiger partial charge in [0.15, 0.2) is 5.82 Å². The average molecular weight is 225 g/mol. The number of nitrogens with zero attached hydrogens (tertiary/aromatic N) is 3. The van der Waals surface area contributed by atoms with E-state index in [-0.39, 0.29) is 0 Å². The van der Waals surface area contributed by atoms with Crippen molar-refractivity contribution in [2.45, 2.75) is 19.8 Å². The molecule has 0 bridgehead atoms. The van der Waals surface area contributed by atoms with Crippen LogP contribution in [0.1, 0.15) is 19.8 Å². The molecule has 2 N–H and O–H groups in total. The lowest BCUT2D eigenvalue weighted by atomic mass is 10.3. The molecule has 1 aromatic rings. The average Bonchev–Trinajstić information content (AvgIpc) is 2.30. The van der Waals surface area contributed by atoms with E-state index in [1.165, 1.54) is 0 Å². The molecule has 0 aliphatic heterocycles. The van der Waals surface area contributed by atoms with Crippen LogP contribution in [0, 0.1) is 0 Å². The highest BCUT2D eigenvalue weighted by atomic mass is 16.5. The molecule has 1 rings (SSSR count). The van der Waals surface area contributed by atoms with Gasteiger partial charge in [-0.1, -0.05) is 13.3 Å². The van der Waals surface area contributed by atoms with E-state index in [1.807, 2.05) is 0 Å². The zero-order chi connectivity index (χ0) is 11.6. The van der Waals surface area contributed by atoms with Crippen LogP contribution in [0.4, 0.5) is 11.8 Å². The minimum atomic E-state index is 0.566. The topological polar surface area (TPSA) is 72.0 Å². The summed E-state index contributed by atoms with van der Waals surface area (Å²) < 4.78 is 4.93. The second-order valence-corrected chi connectivity index (χ2v) is 3.37. The van der Waals surface area contributed by atoms with Gasteiger partial charge in [0.05, 0.1) is 12.8 Å². The van der Waals surface area contributed by atoms with Crippen molar-refractivity contribution >= 4 is 11.8 Å². The number of anilines is 2. The van der Waals surface area contributed by atoms with Crippen molar-refractivity contribution in [2.75, 3.05) is 37.4 Å². The normalized spacial score (nSPS) is 10.1. The van der Waals surface area contributed by atoms with Crippen molar-refractivity contribution < 1.29 is 4.74 Å². The van der Waals surface area contributed by atoms with E-state index in [0.717, 1.165) is 19.4 Å². The van der Waals surface area contributed by atoms with E-state index in [4.69, 9.17) is 4.74 Å². The standard InChI is InChI=1S/C10H19N5O/c1-3-4-5-12-10-14-9(8-13-15-10)11-6-7-16-2/h8H,3-7H2,1-2H3,(H2,11,12,14,15). The summed E-state index contributed by atoms with van der Waals surface area (Å²) in [6.07, 6.45) is 3.84. The van der Waals surface area contributed by atoms with Crippen LogP contribution in [-0.2, 0) is 4.74 Å². The Labute approximate surface area is 95.8 Å². The molecule has 0 saturated carbocycles. The molecule has 0 spiro atoms. The molecular formula is C10H19N5O. The van der Waals surface area contributed by atoms with E-state index in [2.05, 4.69) is 32.7 Å². The second kappa shape index (κ2) is 7.81. The summed E-state index contributed by atoms with van der Waals surface area (Å²) in [5.74, 6) is 1.28. The Balaban J connectivity index is 2.37. The number of aromatic nitrogens is 3. The second-order valence-electron chi connectivity index (χ2n) is 3.37. The van der Waals surface area contributed by atoms with Gasteiger partial charge in [0.1, 0.15) is 0 Å². The summed E-state index contributed by atoms with van der Waals surface area (Å²) in [6.45, 7) is 4.37. The Morgan fingerprint density at radius 2 is 2.19 bits per heavy atom. The van der Waals surface area contributed by atoms with Gasteiger partial charge >= 0.3 is 0 Å².